The summed E-state index contributed by atoms with van der Waals surface area (Å²) in [4.78, 5) is 0. The lowest BCUT2D eigenvalue weighted by Gasteiger charge is -2.07. The van der Waals surface area contributed by atoms with Crippen molar-refractivity contribution in [3.05, 3.63) is 41.5 Å². The van der Waals surface area contributed by atoms with E-state index in [-0.39, 0.29) is 6.04 Å². The van der Waals surface area contributed by atoms with E-state index in [9.17, 15) is 13.2 Å². The zero-order chi connectivity index (χ0) is 12.2. The van der Waals surface area contributed by atoms with Crippen LogP contribution in [0.3, 0.4) is 0 Å². The fourth-order valence-electron chi connectivity index (χ4n) is 1.17. The maximum Gasteiger partial charge on any atom is 0.416 e. The third-order valence-electron chi connectivity index (χ3n) is 2.25. The fraction of sp³-hybridized carbons (Fsp3) is 0.333. The molecule has 0 fully saturated rings. The number of halogens is 3. The largest absolute Gasteiger partial charge is 0.416 e. The van der Waals surface area contributed by atoms with Crippen molar-refractivity contribution in [2.24, 2.45) is 0 Å². The molecule has 0 aliphatic carbocycles. The van der Waals surface area contributed by atoms with Crippen molar-refractivity contribution in [3.63, 3.8) is 0 Å². The summed E-state index contributed by atoms with van der Waals surface area (Å²) in [6.07, 6.45) is -0.787. The summed E-state index contributed by atoms with van der Waals surface area (Å²) in [5, 5.41) is 2.97. The quantitative estimate of drug-likeness (QED) is 0.838. The maximum absolute atomic E-state index is 12.4. The van der Waals surface area contributed by atoms with Crippen LogP contribution in [0.25, 0.3) is 6.08 Å². The summed E-state index contributed by atoms with van der Waals surface area (Å²) in [5.41, 5.74) is -0.0660. The molecule has 1 aromatic rings. The van der Waals surface area contributed by atoms with Gasteiger partial charge in [0.2, 0.25) is 0 Å². The van der Waals surface area contributed by atoms with E-state index >= 15 is 0 Å². The third kappa shape index (κ3) is 3.70. The minimum atomic E-state index is -4.28. The highest BCUT2D eigenvalue weighted by Gasteiger charge is 2.30. The Bertz CT molecular complexity index is 369. The average Bonchev–Trinajstić information content (AvgIpc) is 2.25. The molecular weight excluding hydrogens is 215 g/mol. The molecule has 0 aromatic heterocycles. The number of nitrogens with one attached hydrogen (secondary N) is 1. The summed E-state index contributed by atoms with van der Waals surface area (Å²) in [7, 11) is 1.79. The van der Waals surface area contributed by atoms with Crippen molar-refractivity contribution < 1.29 is 13.2 Å². The van der Waals surface area contributed by atoms with Gasteiger partial charge in [0.25, 0.3) is 0 Å². The first-order chi connectivity index (χ1) is 7.43. The van der Waals surface area contributed by atoms with Gasteiger partial charge in [0, 0.05) is 6.04 Å². The SMILES string of the molecule is CN[C@H](C)/C=C/c1cccc(C(F)(F)F)c1. The highest BCUT2D eigenvalue weighted by Crippen LogP contribution is 2.29. The minimum Gasteiger partial charge on any atom is -0.314 e. The molecule has 0 amide bonds. The van der Waals surface area contributed by atoms with E-state index in [0.29, 0.717) is 5.56 Å². The van der Waals surface area contributed by atoms with Crippen LogP contribution in [-0.2, 0) is 6.18 Å². The molecule has 0 saturated heterocycles. The lowest BCUT2D eigenvalue weighted by atomic mass is 10.1. The van der Waals surface area contributed by atoms with Gasteiger partial charge in [-0.05, 0) is 31.7 Å². The van der Waals surface area contributed by atoms with Crippen LogP contribution in [0.2, 0.25) is 0 Å². The van der Waals surface area contributed by atoms with Crippen molar-refractivity contribution in [2.75, 3.05) is 7.05 Å². The molecule has 1 rings (SSSR count). The molecule has 1 aromatic carbocycles. The van der Waals surface area contributed by atoms with Gasteiger partial charge in [-0.1, -0.05) is 24.3 Å². The number of benzene rings is 1. The monoisotopic (exact) mass is 229 g/mol. The van der Waals surface area contributed by atoms with Crippen LogP contribution in [-0.4, -0.2) is 13.1 Å². The topological polar surface area (TPSA) is 12.0 Å². The van der Waals surface area contributed by atoms with E-state index in [1.54, 1.807) is 19.2 Å². The summed E-state index contributed by atoms with van der Waals surface area (Å²) < 4.78 is 37.2. The first-order valence-corrected chi connectivity index (χ1v) is 4.96. The van der Waals surface area contributed by atoms with Crippen LogP contribution in [0.4, 0.5) is 13.2 Å². The molecule has 0 saturated carbocycles. The maximum atomic E-state index is 12.4. The smallest absolute Gasteiger partial charge is 0.314 e. The van der Waals surface area contributed by atoms with Gasteiger partial charge in [-0.15, -0.1) is 0 Å². The van der Waals surface area contributed by atoms with E-state index in [2.05, 4.69) is 5.32 Å². The normalized spacial score (nSPS) is 14.3. The first kappa shape index (κ1) is 12.8. The Morgan fingerprint density at radius 3 is 2.56 bits per heavy atom. The Hall–Kier alpha value is -1.29. The molecule has 0 aliphatic rings. The molecule has 1 atom stereocenters. The summed E-state index contributed by atoms with van der Waals surface area (Å²) >= 11 is 0. The highest BCUT2D eigenvalue weighted by molar-refractivity contribution is 5.51. The molecule has 88 valence electrons. The van der Waals surface area contributed by atoms with Gasteiger partial charge in [-0.25, -0.2) is 0 Å². The lowest BCUT2D eigenvalue weighted by Crippen LogP contribution is -2.17. The van der Waals surface area contributed by atoms with Gasteiger partial charge in [0.1, 0.15) is 0 Å². The van der Waals surface area contributed by atoms with Crippen molar-refractivity contribution in [1.82, 2.24) is 5.32 Å². The van der Waals surface area contributed by atoms with Gasteiger partial charge in [-0.2, -0.15) is 13.2 Å². The van der Waals surface area contributed by atoms with E-state index in [1.165, 1.54) is 6.07 Å². The zero-order valence-corrected chi connectivity index (χ0v) is 9.18. The number of rotatable bonds is 3. The first-order valence-electron chi connectivity index (χ1n) is 4.96. The summed E-state index contributed by atoms with van der Waals surface area (Å²) in [6.45, 7) is 1.92. The van der Waals surface area contributed by atoms with Gasteiger partial charge in [0.05, 0.1) is 5.56 Å². The highest BCUT2D eigenvalue weighted by atomic mass is 19.4. The van der Waals surface area contributed by atoms with E-state index < -0.39 is 11.7 Å². The number of hydrogen-bond acceptors (Lipinski definition) is 1. The standard InChI is InChI=1S/C12H14F3N/c1-9(16-2)6-7-10-4-3-5-11(8-10)12(13,14)15/h3-9,16H,1-2H3/b7-6+/t9-/m1/s1. The lowest BCUT2D eigenvalue weighted by molar-refractivity contribution is -0.137. The fourth-order valence-corrected chi connectivity index (χ4v) is 1.17. The Labute approximate surface area is 93.0 Å². The van der Waals surface area contributed by atoms with Gasteiger partial charge < -0.3 is 5.32 Å². The van der Waals surface area contributed by atoms with Crippen LogP contribution < -0.4 is 5.32 Å². The van der Waals surface area contributed by atoms with Crippen LogP contribution in [0.1, 0.15) is 18.1 Å². The van der Waals surface area contributed by atoms with Crippen LogP contribution in [0.15, 0.2) is 30.3 Å². The molecule has 16 heavy (non-hydrogen) atoms. The number of alkyl halides is 3. The molecule has 0 bridgehead atoms. The van der Waals surface area contributed by atoms with E-state index in [1.807, 2.05) is 13.0 Å². The zero-order valence-electron chi connectivity index (χ0n) is 9.18. The van der Waals surface area contributed by atoms with Crippen LogP contribution >= 0.6 is 0 Å². The van der Waals surface area contributed by atoms with Crippen LogP contribution in [0, 0.1) is 0 Å². The number of hydrogen-bond donors (Lipinski definition) is 1. The summed E-state index contributed by atoms with van der Waals surface area (Å²) in [6, 6.07) is 5.40. The van der Waals surface area contributed by atoms with Crippen molar-refractivity contribution in [2.45, 2.75) is 19.1 Å². The Morgan fingerprint density at radius 1 is 1.31 bits per heavy atom. The van der Waals surface area contributed by atoms with Gasteiger partial charge in [-0.3, -0.25) is 0 Å². The second kappa shape index (κ2) is 5.16. The molecule has 0 spiro atoms. The Balaban J connectivity index is 2.87. The number of likely N-dealkylation sites (N-methyl/N-ethyl adjacent to an activating group) is 1. The van der Waals surface area contributed by atoms with Crippen molar-refractivity contribution in [3.8, 4) is 0 Å². The molecule has 0 heterocycles. The predicted octanol–water partition coefficient (Wildman–Crippen LogP) is 3.33. The molecule has 0 radical (unpaired) electrons. The molecule has 0 aliphatic heterocycles. The minimum absolute atomic E-state index is 0.134. The van der Waals surface area contributed by atoms with Crippen molar-refractivity contribution >= 4 is 6.08 Å². The molecule has 0 unspecified atom stereocenters. The Morgan fingerprint density at radius 2 is 2.00 bits per heavy atom. The van der Waals surface area contributed by atoms with E-state index in [0.717, 1.165) is 12.1 Å². The molecule has 1 N–H and O–H groups in total. The second-order valence-electron chi connectivity index (χ2n) is 3.56. The average molecular weight is 229 g/mol. The Kier molecular flexibility index (Phi) is 4.12. The molecule has 1 nitrogen and oxygen atoms in total. The van der Waals surface area contributed by atoms with Gasteiger partial charge >= 0.3 is 6.18 Å². The van der Waals surface area contributed by atoms with Crippen molar-refractivity contribution in [1.29, 1.82) is 0 Å². The second-order valence-corrected chi connectivity index (χ2v) is 3.56. The third-order valence-corrected chi connectivity index (χ3v) is 2.25. The molecule has 4 heteroatoms. The van der Waals surface area contributed by atoms with Crippen LogP contribution in [0.5, 0.6) is 0 Å². The summed E-state index contributed by atoms with van der Waals surface area (Å²) in [5.74, 6) is 0. The molecular formula is C12H14F3N. The van der Waals surface area contributed by atoms with E-state index in [4.69, 9.17) is 0 Å². The predicted molar refractivity (Wildman–Crippen MR) is 59.0 cm³/mol. The van der Waals surface area contributed by atoms with Gasteiger partial charge in [0.15, 0.2) is 0 Å².